The number of carbonyl (C=O) groups is 3. The largest absolute Gasteiger partial charge is 0.507 e. The van der Waals surface area contributed by atoms with Crippen molar-refractivity contribution in [2.24, 2.45) is 0 Å². The number of carbonyl (C=O) groups excluding carboxylic acids is 3. The number of likely N-dealkylation sites (N-methyl/N-ethyl adjacent to an activating group) is 1. The van der Waals surface area contributed by atoms with Crippen molar-refractivity contribution in [3.05, 3.63) is 77.9 Å². The summed E-state index contributed by atoms with van der Waals surface area (Å²) in [5.74, 6) is -1.99. The minimum atomic E-state index is -1.76. The molecule has 1 atom stereocenters. The number of rotatable bonds is 7. The Balaban J connectivity index is 1.64. The first kappa shape index (κ1) is 24.7. The Morgan fingerprint density at radius 2 is 1.78 bits per heavy atom. The number of likely N-dealkylation sites (tertiary alicyclic amines) is 1. The third kappa shape index (κ3) is 3.91. The van der Waals surface area contributed by atoms with Gasteiger partial charge in [0, 0.05) is 50.0 Å². The van der Waals surface area contributed by atoms with Crippen LogP contribution in [0.25, 0.3) is 5.76 Å². The van der Waals surface area contributed by atoms with Crippen LogP contribution in [-0.2, 0) is 24.7 Å². The highest BCUT2D eigenvalue weighted by molar-refractivity contribution is 6.50. The van der Waals surface area contributed by atoms with E-state index in [1.807, 2.05) is 0 Å². The van der Waals surface area contributed by atoms with Crippen LogP contribution >= 0.6 is 0 Å². The van der Waals surface area contributed by atoms with Crippen molar-refractivity contribution in [1.29, 1.82) is 0 Å². The van der Waals surface area contributed by atoms with E-state index in [9.17, 15) is 19.5 Å². The van der Waals surface area contributed by atoms with E-state index in [4.69, 9.17) is 9.47 Å². The molecular formula is C28H29N3O6. The zero-order chi connectivity index (χ0) is 26.2. The normalized spacial score (nSPS) is 23.1. The maximum absolute atomic E-state index is 14.0. The second-order valence-corrected chi connectivity index (χ2v) is 9.18. The zero-order valence-corrected chi connectivity index (χ0v) is 20.7. The number of ether oxygens (including phenoxy) is 2. The predicted octanol–water partition coefficient (Wildman–Crippen LogP) is 2.14. The third-order valence-electron chi connectivity index (χ3n) is 7.18. The second-order valence-electron chi connectivity index (χ2n) is 9.18. The fourth-order valence-corrected chi connectivity index (χ4v) is 5.35. The molecule has 1 N–H and O–H groups in total. The van der Waals surface area contributed by atoms with Crippen LogP contribution in [0.4, 0.5) is 5.69 Å². The maximum atomic E-state index is 14.0. The highest BCUT2D eigenvalue weighted by atomic mass is 16.5. The smallest absolute Gasteiger partial charge is 0.296 e. The van der Waals surface area contributed by atoms with Crippen molar-refractivity contribution < 1.29 is 29.0 Å². The van der Waals surface area contributed by atoms with Crippen LogP contribution in [0, 0.1) is 0 Å². The van der Waals surface area contributed by atoms with Crippen LogP contribution in [0.3, 0.4) is 0 Å². The topological polar surface area (TPSA) is 99.6 Å². The highest BCUT2D eigenvalue weighted by Gasteiger charge is 2.66. The van der Waals surface area contributed by atoms with Crippen molar-refractivity contribution in [1.82, 2.24) is 9.80 Å². The minimum absolute atomic E-state index is 0.142. The van der Waals surface area contributed by atoms with E-state index in [-0.39, 0.29) is 12.1 Å². The molecule has 3 aliphatic heterocycles. The number of hydrogen-bond acceptors (Lipinski definition) is 7. The van der Waals surface area contributed by atoms with Gasteiger partial charge >= 0.3 is 0 Å². The lowest BCUT2D eigenvalue weighted by atomic mass is 9.82. The van der Waals surface area contributed by atoms with Crippen molar-refractivity contribution in [3.63, 3.8) is 0 Å². The summed E-state index contributed by atoms with van der Waals surface area (Å²) in [7, 11) is 1.61. The van der Waals surface area contributed by atoms with Gasteiger partial charge in [-0.1, -0.05) is 30.9 Å². The molecule has 5 rings (SSSR count). The van der Waals surface area contributed by atoms with Gasteiger partial charge in [-0.05, 0) is 30.3 Å². The first-order chi connectivity index (χ1) is 17.9. The summed E-state index contributed by atoms with van der Waals surface area (Å²) in [6.45, 7) is 7.11. The number of nitrogens with zero attached hydrogens (tertiary/aromatic N) is 3. The average Bonchev–Trinajstić information content (AvgIpc) is 3.29. The molecule has 2 aromatic rings. The molecule has 9 heteroatoms. The third-order valence-corrected chi connectivity index (χ3v) is 7.18. The van der Waals surface area contributed by atoms with Gasteiger partial charge in [-0.3, -0.25) is 19.3 Å². The molecule has 3 heterocycles. The SMILES string of the molecule is C=CCOc1ccc(/C(O)=C2\C(=O)C(=O)N(CCN3CCOCC3)C23C(=O)N(C)c2ccccc23)cc1. The quantitative estimate of drug-likeness (QED) is 0.268. The number of aliphatic hydroxyl groups is 1. The molecule has 37 heavy (non-hydrogen) atoms. The minimum Gasteiger partial charge on any atom is -0.507 e. The van der Waals surface area contributed by atoms with Crippen LogP contribution in [0.15, 0.2) is 66.8 Å². The van der Waals surface area contributed by atoms with Crippen LogP contribution in [-0.4, -0.2) is 85.6 Å². The molecule has 2 saturated heterocycles. The Bertz CT molecular complexity index is 1280. The number of para-hydroxylation sites is 1. The van der Waals surface area contributed by atoms with Gasteiger partial charge in [0.1, 0.15) is 18.1 Å². The Kier molecular flexibility index (Phi) is 6.57. The van der Waals surface area contributed by atoms with Crippen LogP contribution in [0.2, 0.25) is 0 Å². The molecule has 2 fully saturated rings. The van der Waals surface area contributed by atoms with Gasteiger partial charge in [-0.25, -0.2) is 0 Å². The van der Waals surface area contributed by atoms with E-state index in [0.29, 0.717) is 62.0 Å². The lowest BCUT2D eigenvalue weighted by molar-refractivity contribution is -0.144. The average molecular weight is 504 g/mol. The number of hydrogen-bond donors (Lipinski definition) is 1. The summed E-state index contributed by atoms with van der Waals surface area (Å²) in [5, 5.41) is 11.5. The number of amides is 2. The van der Waals surface area contributed by atoms with E-state index in [2.05, 4.69) is 11.5 Å². The van der Waals surface area contributed by atoms with Gasteiger partial charge in [-0.15, -0.1) is 0 Å². The van der Waals surface area contributed by atoms with E-state index < -0.39 is 28.9 Å². The molecule has 0 aromatic heterocycles. The molecule has 3 aliphatic rings. The Morgan fingerprint density at radius 3 is 2.49 bits per heavy atom. The molecule has 1 spiro atoms. The summed E-state index contributed by atoms with van der Waals surface area (Å²) in [5.41, 5.74) is -0.591. The van der Waals surface area contributed by atoms with Gasteiger partial charge in [0.2, 0.25) is 0 Å². The van der Waals surface area contributed by atoms with Crippen LogP contribution < -0.4 is 9.64 Å². The van der Waals surface area contributed by atoms with Gasteiger partial charge in [0.25, 0.3) is 17.6 Å². The van der Waals surface area contributed by atoms with Crippen molar-refractivity contribution in [2.75, 3.05) is 57.9 Å². The summed E-state index contributed by atoms with van der Waals surface area (Å²) in [6, 6.07) is 13.6. The fraction of sp³-hybridized carbons (Fsp3) is 0.321. The fourth-order valence-electron chi connectivity index (χ4n) is 5.35. The maximum Gasteiger partial charge on any atom is 0.296 e. The number of fused-ring (bicyclic) bond motifs is 2. The van der Waals surface area contributed by atoms with Crippen LogP contribution in [0.5, 0.6) is 5.75 Å². The molecule has 192 valence electrons. The molecule has 9 nitrogen and oxygen atoms in total. The van der Waals surface area contributed by atoms with E-state index >= 15 is 0 Å². The Labute approximate surface area is 215 Å². The predicted molar refractivity (Wildman–Crippen MR) is 137 cm³/mol. The van der Waals surface area contributed by atoms with Gasteiger partial charge < -0.3 is 24.4 Å². The zero-order valence-electron chi connectivity index (χ0n) is 20.7. The van der Waals surface area contributed by atoms with E-state index in [0.717, 1.165) is 0 Å². The molecule has 2 aromatic carbocycles. The lowest BCUT2D eigenvalue weighted by Crippen LogP contribution is -2.53. The first-order valence-corrected chi connectivity index (χ1v) is 12.2. The molecule has 0 bridgehead atoms. The monoisotopic (exact) mass is 503 g/mol. The summed E-state index contributed by atoms with van der Waals surface area (Å²) in [6.07, 6.45) is 1.62. The van der Waals surface area contributed by atoms with Crippen LogP contribution in [0.1, 0.15) is 11.1 Å². The molecule has 2 amide bonds. The lowest BCUT2D eigenvalue weighted by Gasteiger charge is -2.36. The number of morpholine rings is 1. The number of Topliss-reactive ketones (excluding diaryl/α,β-unsaturated/α-hetero) is 1. The van der Waals surface area contributed by atoms with Gasteiger partial charge in [0.15, 0.2) is 5.54 Å². The van der Waals surface area contributed by atoms with E-state index in [1.54, 1.807) is 61.7 Å². The Morgan fingerprint density at radius 1 is 1.08 bits per heavy atom. The summed E-state index contributed by atoms with van der Waals surface area (Å²) in [4.78, 5) is 46.0. The first-order valence-electron chi connectivity index (χ1n) is 12.2. The molecule has 0 saturated carbocycles. The standard InChI is InChI=1S/C28H29N3O6/c1-3-16-37-20-10-8-19(9-11-20)24(32)23-25(33)26(34)31(13-12-30-14-17-36-18-15-30)28(23)21-6-4-5-7-22(21)29(2)27(28)35/h3-11,32H,1,12-18H2,2H3/b24-23-. The van der Waals surface area contributed by atoms with Gasteiger partial charge in [-0.2, -0.15) is 0 Å². The summed E-state index contributed by atoms with van der Waals surface area (Å²) >= 11 is 0. The van der Waals surface area contributed by atoms with Crippen molar-refractivity contribution >= 4 is 29.0 Å². The highest BCUT2D eigenvalue weighted by Crippen LogP contribution is 2.53. The number of benzene rings is 2. The van der Waals surface area contributed by atoms with Gasteiger partial charge in [0.05, 0.1) is 18.8 Å². The number of ketones is 1. The molecule has 0 aliphatic carbocycles. The van der Waals surface area contributed by atoms with Crippen molar-refractivity contribution in [2.45, 2.75) is 5.54 Å². The molecule has 1 unspecified atom stereocenters. The molecule has 0 radical (unpaired) electrons. The second kappa shape index (κ2) is 9.84. The Hall–Kier alpha value is -3.95. The number of anilines is 1. The number of aliphatic hydroxyl groups excluding tert-OH is 1. The van der Waals surface area contributed by atoms with Crippen molar-refractivity contribution in [3.8, 4) is 5.75 Å². The molecular weight excluding hydrogens is 474 g/mol. The van der Waals surface area contributed by atoms with E-state index in [1.165, 1.54) is 9.80 Å². The summed E-state index contributed by atoms with van der Waals surface area (Å²) < 4.78 is 10.9.